The Morgan fingerprint density at radius 2 is 0.400 bits per heavy atom. The fourth-order valence-corrected chi connectivity index (χ4v) is 0. The van der Waals surface area contributed by atoms with Gasteiger partial charge in [-0.2, -0.15) is 0 Å². The Morgan fingerprint density at radius 3 is 0.400 bits per heavy atom. The summed E-state index contributed by atoms with van der Waals surface area (Å²) < 4.78 is 0. The second kappa shape index (κ2) is 21500. The third kappa shape index (κ3) is 18300. The molecule has 0 aliphatic carbocycles. The Labute approximate surface area is 155 Å². The van der Waals surface area contributed by atoms with E-state index in [4.69, 9.17) is 31.6 Å². The van der Waals surface area contributed by atoms with E-state index < -0.39 is 0 Å². The molecule has 0 rings (SSSR count). The molecule has 0 atom stereocenters. The van der Waals surface area contributed by atoms with Crippen LogP contribution < -0.4 is 0 Å². The first-order valence-corrected chi connectivity index (χ1v) is 1.55. The molecule has 0 saturated carbocycles. The average molecular weight is 309 g/mol. The third-order valence-electron chi connectivity index (χ3n) is 0. The molecule has 0 amide bonds. The van der Waals surface area contributed by atoms with E-state index in [-0.39, 0.29) is 87.0 Å². The van der Waals surface area contributed by atoms with E-state index in [1.807, 2.05) is 0 Å². The van der Waals surface area contributed by atoms with Crippen molar-refractivity contribution in [3.63, 3.8) is 0 Å². The van der Waals surface area contributed by atoms with Gasteiger partial charge in [-0.1, -0.05) is 0 Å². The zero-order chi connectivity index (χ0) is 12.0. The second-order valence-electron chi connectivity index (χ2n) is 0. The van der Waals surface area contributed by atoms with E-state index in [9.17, 15) is 0 Å². The van der Waals surface area contributed by atoms with Gasteiger partial charge in [-0.25, -0.2) is 31.6 Å². The molecule has 0 aliphatic rings. The first kappa shape index (κ1) is 85.2. The molecular formula is C6H7FeKN6V. The number of rotatable bonds is 0. The second-order valence-corrected chi connectivity index (χ2v) is 0. The van der Waals surface area contributed by atoms with E-state index in [0.29, 0.717) is 0 Å². The zero-order valence-corrected chi connectivity index (χ0v) is 9.45. The molecule has 9 heteroatoms. The molecule has 0 saturated heterocycles. The van der Waals surface area contributed by atoms with Crippen molar-refractivity contribution in [2.75, 3.05) is 0 Å². The van der Waals surface area contributed by atoms with Gasteiger partial charge in [0.15, 0.2) is 0 Å². The quantitative estimate of drug-likeness (QED) is 0.584. The van der Waals surface area contributed by atoms with E-state index in [0.717, 1.165) is 0 Å². The fourth-order valence-electron chi connectivity index (χ4n) is 0. The molecule has 0 fully saturated rings. The molecule has 75 valence electrons. The van der Waals surface area contributed by atoms with Crippen LogP contribution in [0.2, 0.25) is 0 Å². The van der Waals surface area contributed by atoms with Gasteiger partial charge in [-0.15, -0.1) is 0 Å². The first-order valence-electron chi connectivity index (χ1n) is 1.55. The summed E-state index contributed by atoms with van der Waals surface area (Å²) >= 11 is 0. The van der Waals surface area contributed by atoms with Gasteiger partial charge in [-0.05, 0) is 0 Å². The van der Waals surface area contributed by atoms with Crippen LogP contribution in [0.25, 0.3) is 0 Å². The van der Waals surface area contributed by atoms with Crippen LogP contribution in [0.15, 0.2) is 0 Å². The van der Waals surface area contributed by atoms with Crippen LogP contribution in [0.4, 0.5) is 0 Å². The van der Waals surface area contributed by atoms with Gasteiger partial charge in [0, 0.05) is 75.1 Å². The maximum atomic E-state index is 6.50. The molecule has 1 radical (unpaired) electrons. The van der Waals surface area contributed by atoms with Crippen molar-refractivity contribution < 1.29 is 35.6 Å². The van der Waals surface area contributed by atoms with Gasteiger partial charge in [0.1, 0.15) is 0 Å². The molecule has 0 aliphatic heterocycles. The summed E-state index contributed by atoms with van der Waals surface area (Å²) in [5.41, 5.74) is 0. The SMILES string of the molecule is C#N.C#N.C#N.C#N.C#N.C#N.[Fe].[KH].[V]. The van der Waals surface area contributed by atoms with Crippen LogP contribution in [0.1, 0.15) is 0 Å². The fraction of sp³-hybridized carbons (Fsp3) is 0. The largest absolute Gasteiger partial charge is 0 e. The van der Waals surface area contributed by atoms with Crippen molar-refractivity contribution in [3.8, 4) is 39.4 Å². The van der Waals surface area contributed by atoms with Crippen LogP contribution in [0, 0.1) is 71.0 Å². The summed E-state index contributed by atoms with van der Waals surface area (Å²) in [6.45, 7) is 21.0. The van der Waals surface area contributed by atoms with Crippen LogP contribution in [0.3, 0.4) is 0 Å². The molecule has 0 unspecified atom stereocenters. The normalized spacial score (nSPS) is 0.800. The minimum atomic E-state index is 0. The van der Waals surface area contributed by atoms with Crippen LogP contribution >= 0.6 is 0 Å². The smallest absolute Gasteiger partial charge is 0 e. The predicted octanol–water partition coefficient (Wildman–Crippen LogP) is 0.185. The molecule has 15 heavy (non-hydrogen) atoms. The van der Waals surface area contributed by atoms with Crippen LogP contribution in [-0.4, -0.2) is 51.4 Å². The predicted molar refractivity (Wildman–Crippen MR) is 47.2 cm³/mol. The molecule has 0 aromatic rings. The van der Waals surface area contributed by atoms with Crippen LogP contribution in [-0.2, 0) is 35.6 Å². The zero-order valence-electron chi connectivity index (χ0n) is 6.95. The Balaban J connectivity index is -0.00000000396. The van der Waals surface area contributed by atoms with Crippen molar-refractivity contribution in [1.29, 1.82) is 31.6 Å². The monoisotopic (exact) mass is 309 g/mol. The Morgan fingerprint density at radius 1 is 0.400 bits per heavy atom. The molecule has 0 aromatic carbocycles. The molecule has 0 spiro atoms. The van der Waals surface area contributed by atoms with Gasteiger partial charge in [0.05, 0.1) is 0 Å². The molecule has 0 aromatic heterocycles. The van der Waals surface area contributed by atoms with Gasteiger partial charge >= 0.3 is 51.4 Å². The maximum Gasteiger partial charge on any atom is 0 e. The van der Waals surface area contributed by atoms with Crippen molar-refractivity contribution in [3.05, 3.63) is 0 Å². The number of hydrogen-bond donors (Lipinski definition) is 0. The van der Waals surface area contributed by atoms with E-state index in [2.05, 4.69) is 39.4 Å². The molecule has 0 N–H and O–H groups in total. The van der Waals surface area contributed by atoms with Crippen molar-refractivity contribution in [2.45, 2.75) is 0 Å². The molecular weight excluding hydrogens is 302 g/mol. The van der Waals surface area contributed by atoms with Gasteiger partial charge < -0.3 is 0 Å². The van der Waals surface area contributed by atoms with E-state index >= 15 is 0 Å². The summed E-state index contributed by atoms with van der Waals surface area (Å²) in [6, 6.07) is 0. The summed E-state index contributed by atoms with van der Waals surface area (Å²) in [7, 11) is 0. The minimum absolute atomic E-state index is 0. The Bertz CT molecular complexity index is 103. The van der Waals surface area contributed by atoms with Crippen molar-refractivity contribution >= 4 is 51.4 Å². The first-order chi connectivity index (χ1) is 6.00. The van der Waals surface area contributed by atoms with E-state index in [1.165, 1.54) is 0 Å². The molecule has 6 nitrogen and oxygen atoms in total. The number of nitriles is 6. The van der Waals surface area contributed by atoms with Gasteiger partial charge in [0.25, 0.3) is 0 Å². The Hall–Kier alpha value is -0.320. The summed E-state index contributed by atoms with van der Waals surface area (Å²) in [5.74, 6) is 0. The summed E-state index contributed by atoms with van der Waals surface area (Å²) in [5, 5.41) is 39.0. The topological polar surface area (TPSA) is 143 Å². The number of nitrogens with zero attached hydrogens (tertiary/aromatic N) is 6. The van der Waals surface area contributed by atoms with Gasteiger partial charge in [0.2, 0.25) is 0 Å². The van der Waals surface area contributed by atoms with Crippen molar-refractivity contribution in [2.24, 2.45) is 0 Å². The molecule has 0 bridgehead atoms. The molecule has 0 heterocycles. The summed E-state index contributed by atoms with van der Waals surface area (Å²) in [6.07, 6.45) is 0. The number of hydrogen-bond acceptors (Lipinski definition) is 6. The third-order valence-corrected chi connectivity index (χ3v) is 0. The minimum Gasteiger partial charge on any atom is 0 e. The Kier molecular flexibility index (Phi) is 122000. The maximum absolute atomic E-state index is 6.50. The average Bonchev–Trinajstić information content (AvgIpc) is 2.33. The van der Waals surface area contributed by atoms with Crippen molar-refractivity contribution in [1.82, 2.24) is 0 Å². The standard InChI is InChI=1S/6CHN.Fe.K.V.H/c6*1-2;;;;/h6*1H;;;;. The van der Waals surface area contributed by atoms with Gasteiger partial charge in [-0.3, -0.25) is 0 Å². The van der Waals surface area contributed by atoms with Crippen LogP contribution in [0.5, 0.6) is 0 Å². The van der Waals surface area contributed by atoms with E-state index in [1.54, 1.807) is 0 Å². The summed E-state index contributed by atoms with van der Waals surface area (Å²) in [4.78, 5) is 0.